The Hall–Kier alpha value is -2.85. The molecule has 2 aromatic rings. The second-order valence-electron chi connectivity index (χ2n) is 6.42. The molecule has 0 atom stereocenters. The summed E-state index contributed by atoms with van der Waals surface area (Å²) in [7, 11) is -3.56. The lowest BCUT2D eigenvalue weighted by Crippen LogP contribution is -2.34. The van der Waals surface area contributed by atoms with Crippen molar-refractivity contribution in [1.82, 2.24) is 0 Å². The van der Waals surface area contributed by atoms with Crippen LogP contribution in [0, 0.1) is 11.3 Å². The van der Waals surface area contributed by atoms with Gasteiger partial charge in [0.05, 0.1) is 23.2 Å². The molecule has 0 spiro atoms. The maximum Gasteiger partial charge on any atom is 0.232 e. The number of carbonyl (C=O) groups excluding carboxylic acids is 1. The summed E-state index contributed by atoms with van der Waals surface area (Å²) < 4.78 is 26.3. The minimum absolute atomic E-state index is 0.0198. The molecule has 0 radical (unpaired) electrons. The molecular formula is C21H25N3O3S. The molecule has 2 rings (SSSR count). The third kappa shape index (κ3) is 5.11. The Morgan fingerprint density at radius 3 is 2.21 bits per heavy atom. The van der Waals surface area contributed by atoms with Gasteiger partial charge in [-0.2, -0.15) is 5.26 Å². The van der Waals surface area contributed by atoms with Gasteiger partial charge in [-0.1, -0.05) is 44.2 Å². The van der Waals surface area contributed by atoms with Crippen molar-refractivity contribution in [3.63, 3.8) is 0 Å². The van der Waals surface area contributed by atoms with Gasteiger partial charge in [0.15, 0.2) is 0 Å². The first-order chi connectivity index (χ1) is 13.3. The van der Waals surface area contributed by atoms with Gasteiger partial charge in [0, 0.05) is 13.0 Å². The van der Waals surface area contributed by atoms with E-state index in [0.717, 1.165) is 17.4 Å². The van der Waals surface area contributed by atoms with Gasteiger partial charge in [-0.05, 0) is 36.1 Å². The third-order valence-electron chi connectivity index (χ3n) is 4.48. The van der Waals surface area contributed by atoms with Crippen molar-refractivity contribution in [1.29, 1.82) is 5.26 Å². The number of rotatable bonds is 8. The predicted molar refractivity (Wildman–Crippen MR) is 112 cm³/mol. The minimum Gasteiger partial charge on any atom is -0.325 e. The zero-order chi connectivity index (χ0) is 20.7. The second kappa shape index (κ2) is 9.38. The summed E-state index contributed by atoms with van der Waals surface area (Å²) in [5, 5.41) is 11.8. The molecule has 1 amide bonds. The van der Waals surface area contributed by atoms with Gasteiger partial charge < -0.3 is 5.32 Å². The fraction of sp³-hybridized carbons (Fsp3) is 0.333. The molecule has 6 nitrogen and oxygen atoms in total. The molecule has 0 unspecified atom stereocenters. The van der Waals surface area contributed by atoms with Gasteiger partial charge in [0.2, 0.25) is 15.9 Å². The fourth-order valence-electron chi connectivity index (χ4n) is 3.08. The molecule has 0 fully saturated rings. The monoisotopic (exact) mass is 399 g/mol. The highest BCUT2D eigenvalue weighted by atomic mass is 32.2. The van der Waals surface area contributed by atoms with E-state index in [9.17, 15) is 13.2 Å². The van der Waals surface area contributed by atoms with Crippen LogP contribution in [0.5, 0.6) is 0 Å². The van der Waals surface area contributed by atoms with Crippen molar-refractivity contribution in [3.8, 4) is 6.07 Å². The Morgan fingerprint density at radius 1 is 1.07 bits per heavy atom. The molecule has 0 aromatic heterocycles. The molecule has 0 aliphatic carbocycles. The molecule has 2 aromatic carbocycles. The van der Waals surface area contributed by atoms with E-state index >= 15 is 0 Å². The van der Waals surface area contributed by atoms with Gasteiger partial charge >= 0.3 is 0 Å². The van der Waals surface area contributed by atoms with Crippen LogP contribution in [0.2, 0.25) is 0 Å². The number of amides is 1. The second-order valence-corrected chi connectivity index (χ2v) is 8.33. The third-order valence-corrected chi connectivity index (χ3v) is 5.64. The van der Waals surface area contributed by atoms with Crippen LogP contribution < -0.4 is 9.62 Å². The molecule has 0 saturated heterocycles. The smallest absolute Gasteiger partial charge is 0.232 e. The molecule has 28 heavy (non-hydrogen) atoms. The minimum atomic E-state index is -3.56. The van der Waals surface area contributed by atoms with Gasteiger partial charge in [-0.15, -0.1) is 0 Å². The van der Waals surface area contributed by atoms with Gasteiger partial charge in [0.25, 0.3) is 0 Å². The molecule has 7 heteroatoms. The zero-order valence-corrected chi connectivity index (χ0v) is 17.2. The van der Waals surface area contributed by atoms with Crippen LogP contribution in [0.1, 0.15) is 37.0 Å². The summed E-state index contributed by atoms with van der Waals surface area (Å²) in [5.74, 6) is -0.344. The standard InChI is InChI=1S/C21H25N3O3S/c1-4-16-10-8-11-17(5-2)21(16)24(28(3,26)27)14-13-20(25)23-19-12-7-6-9-18(19)15-22/h6-12H,4-5,13-14H2,1-3H3,(H,23,25). The summed E-state index contributed by atoms with van der Waals surface area (Å²) in [5.41, 5.74) is 3.31. The van der Waals surface area contributed by atoms with Gasteiger partial charge in [0.1, 0.15) is 6.07 Å². The van der Waals surface area contributed by atoms with E-state index in [-0.39, 0.29) is 18.9 Å². The fourth-order valence-corrected chi connectivity index (χ4v) is 4.07. The maximum absolute atomic E-state index is 12.5. The van der Waals surface area contributed by atoms with E-state index < -0.39 is 10.0 Å². The van der Waals surface area contributed by atoms with Crippen molar-refractivity contribution in [2.75, 3.05) is 22.4 Å². The average Bonchev–Trinajstić information content (AvgIpc) is 2.67. The lowest BCUT2D eigenvalue weighted by atomic mass is 10.0. The number of hydrogen-bond donors (Lipinski definition) is 1. The van der Waals surface area contributed by atoms with Crippen molar-refractivity contribution in [3.05, 3.63) is 59.2 Å². The molecule has 148 valence electrons. The Kier molecular flexibility index (Phi) is 7.18. The zero-order valence-electron chi connectivity index (χ0n) is 16.4. The summed E-state index contributed by atoms with van der Waals surface area (Å²) >= 11 is 0. The first-order valence-electron chi connectivity index (χ1n) is 9.19. The van der Waals surface area contributed by atoms with Crippen LogP contribution in [-0.2, 0) is 27.7 Å². The first-order valence-corrected chi connectivity index (χ1v) is 11.0. The number of benzene rings is 2. The number of nitrogens with one attached hydrogen (secondary N) is 1. The Balaban J connectivity index is 2.26. The van der Waals surface area contributed by atoms with Crippen molar-refractivity contribution in [2.45, 2.75) is 33.1 Å². The van der Waals surface area contributed by atoms with E-state index in [2.05, 4.69) is 5.32 Å². The quantitative estimate of drug-likeness (QED) is 0.736. The van der Waals surface area contributed by atoms with Gasteiger partial charge in [-0.3, -0.25) is 9.10 Å². The van der Waals surface area contributed by atoms with Gasteiger partial charge in [-0.25, -0.2) is 8.42 Å². The molecular weight excluding hydrogens is 374 g/mol. The summed E-state index contributed by atoms with van der Waals surface area (Å²) in [6.45, 7) is 3.98. The number of nitrogens with zero attached hydrogens (tertiary/aromatic N) is 2. The molecule has 0 heterocycles. The van der Waals surface area contributed by atoms with Crippen LogP contribution >= 0.6 is 0 Å². The summed E-state index contributed by atoms with van der Waals surface area (Å²) in [6, 6.07) is 14.5. The van der Waals surface area contributed by atoms with Crippen molar-refractivity contribution >= 4 is 27.3 Å². The number of carbonyl (C=O) groups is 1. The van der Waals surface area contributed by atoms with E-state index in [1.807, 2.05) is 38.1 Å². The predicted octanol–water partition coefficient (Wildman–Crippen LogP) is 3.48. The number of nitriles is 1. The van der Waals surface area contributed by atoms with Crippen molar-refractivity contribution < 1.29 is 13.2 Å². The maximum atomic E-state index is 12.5. The van der Waals surface area contributed by atoms with E-state index in [0.29, 0.717) is 29.8 Å². The Bertz CT molecular complexity index is 972. The lowest BCUT2D eigenvalue weighted by molar-refractivity contribution is -0.116. The summed E-state index contributed by atoms with van der Waals surface area (Å²) in [4.78, 5) is 12.4. The molecule has 0 saturated carbocycles. The topological polar surface area (TPSA) is 90.3 Å². The van der Waals surface area contributed by atoms with E-state index in [1.165, 1.54) is 4.31 Å². The van der Waals surface area contributed by atoms with Crippen LogP contribution in [0.25, 0.3) is 0 Å². The van der Waals surface area contributed by atoms with Crippen LogP contribution in [-0.4, -0.2) is 27.1 Å². The van der Waals surface area contributed by atoms with Crippen molar-refractivity contribution in [2.24, 2.45) is 0 Å². The molecule has 1 N–H and O–H groups in total. The number of sulfonamides is 1. The van der Waals surface area contributed by atoms with Crippen LogP contribution in [0.3, 0.4) is 0 Å². The van der Waals surface area contributed by atoms with E-state index in [1.54, 1.807) is 24.3 Å². The Morgan fingerprint density at radius 2 is 1.68 bits per heavy atom. The molecule has 0 bridgehead atoms. The number of hydrogen-bond acceptors (Lipinski definition) is 4. The first kappa shape index (κ1) is 21.5. The highest BCUT2D eigenvalue weighted by molar-refractivity contribution is 7.92. The average molecular weight is 400 g/mol. The largest absolute Gasteiger partial charge is 0.325 e. The lowest BCUT2D eigenvalue weighted by Gasteiger charge is -2.27. The number of aryl methyl sites for hydroxylation is 2. The normalized spacial score (nSPS) is 10.9. The SMILES string of the molecule is CCc1cccc(CC)c1N(CCC(=O)Nc1ccccc1C#N)S(C)(=O)=O. The highest BCUT2D eigenvalue weighted by Gasteiger charge is 2.23. The summed E-state index contributed by atoms with van der Waals surface area (Å²) in [6.07, 6.45) is 2.52. The molecule has 0 aliphatic rings. The van der Waals surface area contributed by atoms with Crippen LogP contribution in [0.15, 0.2) is 42.5 Å². The van der Waals surface area contributed by atoms with E-state index in [4.69, 9.17) is 5.26 Å². The number of anilines is 2. The number of para-hydroxylation sites is 2. The molecule has 0 aliphatic heterocycles. The Labute approximate surface area is 166 Å². The van der Waals surface area contributed by atoms with Crippen LogP contribution in [0.4, 0.5) is 11.4 Å². The highest BCUT2D eigenvalue weighted by Crippen LogP contribution is 2.29.